The van der Waals surface area contributed by atoms with Gasteiger partial charge in [-0.3, -0.25) is 24.2 Å². The zero-order valence-electron chi connectivity index (χ0n) is 19.1. The van der Waals surface area contributed by atoms with Crippen LogP contribution in [0.25, 0.3) is 0 Å². The number of hydrogen-bond donors (Lipinski definition) is 9. The Morgan fingerprint density at radius 2 is 1.71 bits per heavy atom. The second-order valence-electron chi connectivity index (χ2n) is 7.63. The van der Waals surface area contributed by atoms with Crippen LogP contribution in [0.5, 0.6) is 0 Å². The highest BCUT2D eigenvalue weighted by atomic mass is 16.4. The molecular weight excluding hydrogens is 466 g/mol. The van der Waals surface area contributed by atoms with E-state index in [9.17, 15) is 29.1 Å². The predicted molar refractivity (Wildman–Crippen MR) is 122 cm³/mol. The molecule has 0 aromatic carbocycles. The zero-order chi connectivity index (χ0) is 26.5. The number of carboxylic acid groups (broad SMARTS) is 2. The number of nitrogens with two attached hydrogens (primary N) is 3. The van der Waals surface area contributed by atoms with Gasteiger partial charge in [0.25, 0.3) is 0 Å². The monoisotopic (exact) mass is 497 g/mol. The SMILES string of the molecule is CC(NC(=O)C(N)CC(=O)O)C(=O)NC(Cc1cnc[nH]1)C(=O)NC(CCCN=C(N)N)C(=O)O. The summed E-state index contributed by atoms with van der Waals surface area (Å²) in [5, 5.41) is 25.3. The van der Waals surface area contributed by atoms with E-state index in [2.05, 4.69) is 30.9 Å². The van der Waals surface area contributed by atoms with Crippen molar-refractivity contribution >= 4 is 35.6 Å². The van der Waals surface area contributed by atoms with Gasteiger partial charge in [-0.15, -0.1) is 0 Å². The molecule has 16 heteroatoms. The lowest BCUT2D eigenvalue weighted by Crippen LogP contribution is -2.57. The number of nitrogens with one attached hydrogen (secondary N) is 4. The van der Waals surface area contributed by atoms with Crippen molar-refractivity contribution in [2.24, 2.45) is 22.2 Å². The molecule has 1 heterocycles. The molecule has 0 saturated heterocycles. The molecule has 12 N–H and O–H groups in total. The maximum absolute atomic E-state index is 12.9. The molecule has 1 aromatic rings. The van der Waals surface area contributed by atoms with Crippen molar-refractivity contribution in [3.63, 3.8) is 0 Å². The van der Waals surface area contributed by atoms with Crippen LogP contribution in [0.1, 0.15) is 31.9 Å². The number of carbonyl (C=O) groups excluding carboxylic acids is 3. The molecule has 194 valence electrons. The lowest BCUT2D eigenvalue weighted by Gasteiger charge is -2.23. The summed E-state index contributed by atoms with van der Waals surface area (Å²) in [6, 6.07) is -5.05. The predicted octanol–water partition coefficient (Wildman–Crippen LogP) is -3.63. The summed E-state index contributed by atoms with van der Waals surface area (Å²) in [6.45, 7) is 1.48. The highest BCUT2D eigenvalue weighted by Crippen LogP contribution is 2.04. The van der Waals surface area contributed by atoms with Crippen molar-refractivity contribution in [3.05, 3.63) is 18.2 Å². The number of H-pyrrole nitrogens is 1. The normalized spacial score (nSPS) is 14.0. The molecule has 4 atom stereocenters. The van der Waals surface area contributed by atoms with Gasteiger partial charge in [0, 0.05) is 24.9 Å². The molecule has 1 aromatic heterocycles. The Bertz CT molecular complexity index is 916. The average molecular weight is 498 g/mol. The minimum absolute atomic E-state index is 0.0243. The smallest absolute Gasteiger partial charge is 0.326 e. The van der Waals surface area contributed by atoms with Crippen LogP contribution in [0, 0.1) is 0 Å². The first-order valence-corrected chi connectivity index (χ1v) is 10.5. The number of nitrogens with zero attached hydrogens (tertiary/aromatic N) is 2. The fraction of sp³-hybridized carbons (Fsp3) is 0.526. The van der Waals surface area contributed by atoms with Gasteiger partial charge in [0.05, 0.1) is 18.8 Å². The number of aliphatic imine (C=N–C) groups is 1. The first kappa shape index (κ1) is 28.8. The van der Waals surface area contributed by atoms with Crippen LogP contribution < -0.4 is 33.2 Å². The minimum Gasteiger partial charge on any atom is -0.481 e. The molecule has 0 saturated carbocycles. The van der Waals surface area contributed by atoms with E-state index in [0.717, 1.165) is 0 Å². The van der Waals surface area contributed by atoms with Crippen molar-refractivity contribution in [1.29, 1.82) is 0 Å². The highest BCUT2D eigenvalue weighted by molar-refractivity contribution is 5.94. The third-order valence-corrected chi connectivity index (χ3v) is 4.66. The molecule has 4 unspecified atom stereocenters. The Hall–Kier alpha value is -4.21. The summed E-state index contributed by atoms with van der Waals surface area (Å²) in [4.78, 5) is 70.1. The summed E-state index contributed by atoms with van der Waals surface area (Å²) in [6.07, 6.45) is 2.39. The van der Waals surface area contributed by atoms with Gasteiger partial charge in [0.1, 0.15) is 18.1 Å². The van der Waals surface area contributed by atoms with E-state index in [-0.39, 0.29) is 31.8 Å². The number of aromatic amines is 1. The number of hydrogen-bond acceptors (Lipinski definition) is 8. The fourth-order valence-corrected chi connectivity index (χ4v) is 2.82. The summed E-state index contributed by atoms with van der Waals surface area (Å²) >= 11 is 0. The van der Waals surface area contributed by atoms with Crippen LogP contribution >= 0.6 is 0 Å². The van der Waals surface area contributed by atoms with Gasteiger partial charge in [-0.05, 0) is 19.8 Å². The van der Waals surface area contributed by atoms with E-state index < -0.39 is 60.2 Å². The van der Waals surface area contributed by atoms with E-state index in [1.807, 2.05) is 0 Å². The number of rotatable bonds is 15. The fourth-order valence-electron chi connectivity index (χ4n) is 2.82. The van der Waals surface area contributed by atoms with Crippen LogP contribution in [0.4, 0.5) is 0 Å². The van der Waals surface area contributed by atoms with E-state index in [1.165, 1.54) is 19.4 Å². The Morgan fingerprint density at radius 1 is 1.06 bits per heavy atom. The molecule has 16 nitrogen and oxygen atoms in total. The van der Waals surface area contributed by atoms with Crippen LogP contribution in [-0.4, -0.2) is 86.5 Å². The van der Waals surface area contributed by atoms with Crippen molar-refractivity contribution < 1.29 is 34.2 Å². The molecule has 0 fully saturated rings. The van der Waals surface area contributed by atoms with Gasteiger partial charge in [-0.1, -0.05) is 0 Å². The van der Waals surface area contributed by atoms with Crippen molar-refractivity contribution in [2.45, 2.75) is 56.8 Å². The van der Waals surface area contributed by atoms with E-state index >= 15 is 0 Å². The van der Waals surface area contributed by atoms with Gasteiger partial charge in [-0.2, -0.15) is 0 Å². The molecule has 0 spiro atoms. The number of aliphatic carboxylic acids is 2. The number of aromatic nitrogens is 2. The van der Waals surface area contributed by atoms with Crippen LogP contribution in [0.2, 0.25) is 0 Å². The largest absolute Gasteiger partial charge is 0.481 e. The lowest BCUT2D eigenvalue weighted by molar-refractivity contribution is -0.142. The molecule has 1 rings (SSSR count). The van der Waals surface area contributed by atoms with Crippen molar-refractivity contribution in [1.82, 2.24) is 25.9 Å². The highest BCUT2D eigenvalue weighted by Gasteiger charge is 2.29. The van der Waals surface area contributed by atoms with Gasteiger partial charge in [0.2, 0.25) is 17.7 Å². The molecule has 3 amide bonds. The third kappa shape index (κ3) is 11.0. The number of carbonyl (C=O) groups is 5. The number of amides is 3. The molecule has 35 heavy (non-hydrogen) atoms. The van der Waals surface area contributed by atoms with Gasteiger partial charge < -0.3 is 48.3 Å². The number of guanidine groups is 1. The number of imidazole rings is 1. The van der Waals surface area contributed by atoms with E-state index in [4.69, 9.17) is 22.3 Å². The van der Waals surface area contributed by atoms with Gasteiger partial charge in [0.15, 0.2) is 5.96 Å². The zero-order valence-corrected chi connectivity index (χ0v) is 19.1. The summed E-state index contributed by atoms with van der Waals surface area (Å²) in [7, 11) is 0. The maximum Gasteiger partial charge on any atom is 0.326 e. The average Bonchev–Trinajstić information content (AvgIpc) is 3.27. The standard InChI is InChI=1S/C19H31N9O7/c1-9(26-16(32)11(20)6-14(29)30)15(31)28-13(5-10-7-23-8-25-10)17(33)27-12(18(34)35)3-2-4-24-19(21)22/h7-9,11-13H,2-6,20H2,1H3,(H,23,25)(H,26,32)(H,27,33)(H,28,31)(H,29,30)(H,34,35)(H4,21,22,24). The Kier molecular flexibility index (Phi) is 11.6. The molecule has 0 aliphatic carbocycles. The third-order valence-electron chi connectivity index (χ3n) is 4.66. The summed E-state index contributed by atoms with van der Waals surface area (Å²) in [5.74, 6) is -5.15. The van der Waals surface area contributed by atoms with Crippen LogP contribution in [0.15, 0.2) is 17.5 Å². The van der Waals surface area contributed by atoms with Gasteiger partial charge >= 0.3 is 11.9 Å². The molecule has 0 aliphatic heterocycles. The molecule has 0 aliphatic rings. The van der Waals surface area contributed by atoms with Crippen LogP contribution in [-0.2, 0) is 30.4 Å². The topological polar surface area (TPSA) is 281 Å². The quantitative estimate of drug-likeness (QED) is 0.0647. The van der Waals surface area contributed by atoms with Gasteiger partial charge in [-0.25, -0.2) is 9.78 Å². The first-order chi connectivity index (χ1) is 16.4. The second kappa shape index (κ2) is 14.1. The van der Waals surface area contributed by atoms with E-state index in [1.54, 1.807) is 0 Å². The summed E-state index contributed by atoms with van der Waals surface area (Å²) < 4.78 is 0. The first-order valence-electron chi connectivity index (χ1n) is 10.5. The van der Waals surface area contributed by atoms with Crippen molar-refractivity contribution in [3.8, 4) is 0 Å². The maximum atomic E-state index is 12.9. The minimum atomic E-state index is -1.37. The lowest BCUT2D eigenvalue weighted by atomic mass is 10.1. The Labute approximate surface area is 200 Å². The molecular formula is C19H31N9O7. The van der Waals surface area contributed by atoms with Crippen molar-refractivity contribution in [2.75, 3.05) is 6.54 Å². The molecule has 0 radical (unpaired) electrons. The van der Waals surface area contributed by atoms with E-state index in [0.29, 0.717) is 5.69 Å². The molecule has 0 bridgehead atoms. The Morgan fingerprint density at radius 3 is 2.26 bits per heavy atom. The van der Waals surface area contributed by atoms with Crippen LogP contribution in [0.3, 0.4) is 0 Å². The Balaban J connectivity index is 2.86. The number of carboxylic acids is 2. The summed E-state index contributed by atoms with van der Waals surface area (Å²) in [5.41, 5.74) is 16.4. The second-order valence-corrected chi connectivity index (χ2v) is 7.63.